The molecule has 0 nitrogen and oxygen atoms in total. The van der Waals surface area contributed by atoms with Gasteiger partial charge in [0.1, 0.15) is 0 Å². The zero-order valence-electron chi connectivity index (χ0n) is 8.96. The Hall–Kier alpha value is 1.95. The molecular weight excluding hydrogens is 397 g/mol. The van der Waals surface area contributed by atoms with E-state index in [9.17, 15) is 0 Å². The summed E-state index contributed by atoms with van der Waals surface area (Å²) in [6, 6.07) is 0. The number of halogens is 2. The van der Waals surface area contributed by atoms with Gasteiger partial charge in [-0.3, -0.25) is 0 Å². The van der Waals surface area contributed by atoms with Gasteiger partial charge in [0, 0.05) is 0 Å². The van der Waals surface area contributed by atoms with Crippen molar-refractivity contribution in [3.63, 3.8) is 0 Å². The molecule has 0 aromatic heterocycles. The molecule has 0 heterocycles. The molecule has 0 spiro atoms. The van der Waals surface area contributed by atoms with Crippen LogP contribution in [-0.2, 0) is 27.4 Å². The van der Waals surface area contributed by atoms with E-state index in [-0.39, 0.29) is 0 Å². The van der Waals surface area contributed by atoms with Crippen LogP contribution >= 0.6 is 28.5 Å². The number of rotatable bonds is 2. The van der Waals surface area contributed by atoms with Crippen molar-refractivity contribution in [3.05, 3.63) is 38.5 Å². The van der Waals surface area contributed by atoms with E-state index >= 15 is 0 Å². The van der Waals surface area contributed by atoms with Gasteiger partial charge >= 0.3 is 55.8 Å². The van der Waals surface area contributed by atoms with Gasteiger partial charge in [0.15, 0.2) is 0 Å². The summed E-state index contributed by atoms with van der Waals surface area (Å²) < 4.78 is 0. The maximum atomic E-state index is 3.69. The zero-order chi connectivity index (χ0) is 12.6. The monoisotopic (exact) mass is 412 g/mol. The quantitative estimate of drug-likeness (QED) is 0.559. The second-order valence-electron chi connectivity index (χ2n) is 2.42. The molecule has 0 atom stereocenters. The SMILES string of the molecule is [CH2][CH][C](C)C.[CH2][C](C)[CH]C.[Ni][Br].[Ni][Br]. The Morgan fingerprint density at radius 1 is 1.07 bits per heavy atom. The summed E-state index contributed by atoms with van der Waals surface area (Å²) in [5.41, 5.74) is 0. The van der Waals surface area contributed by atoms with Crippen LogP contribution in [0.3, 0.4) is 0 Å². The van der Waals surface area contributed by atoms with Gasteiger partial charge in [0.2, 0.25) is 0 Å². The first-order valence-electron chi connectivity index (χ1n) is 3.66. The van der Waals surface area contributed by atoms with Crippen LogP contribution in [0.4, 0.5) is 0 Å². The molecule has 0 aliphatic carbocycles. The summed E-state index contributed by atoms with van der Waals surface area (Å²) in [5.74, 6) is 2.40. The van der Waals surface area contributed by atoms with Crippen LogP contribution in [0.5, 0.6) is 0 Å². The molecule has 0 aromatic carbocycles. The summed E-state index contributed by atoms with van der Waals surface area (Å²) in [4.78, 5) is 0. The number of hydrogen-bond acceptors (Lipinski definition) is 0. The van der Waals surface area contributed by atoms with Crippen LogP contribution in [0.1, 0.15) is 27.7 Å². The van der Waals surface area contributed by atoms with E-state index in [1.54, 1.807) is 0 Å². The van der Waals surface area contributed by atoms with E-state index in [4.69, 9.17) is 0 Å². The molecule has 92 valence electrons. The summed E-state index contributed by atoms with van der Waals surface area (Å²) >= 11 is 12.5. The Morgan fingerprint density at radius 2 is 1.21 bits per heavy atom. The molecule has 14 heavy (non-hydrogen) atoms. The van der Waals surface area contributed by atoms with E-state index in [1.807, 2.05) is 40.5 Å². The molecule has 0 saturated carbocycles. The molecule has 0 fully saturated rings. The Morgan fingerprint density at radius 3 is 1.21 bits per heavy atom. The first-order chi connectivity index (χ1) is 6.54. The summed E-state index contributed by atoms with van der Waals surface area (Å²) in [5, 5.41) is 0. The zero-order valence-corrected chi connectivity index (χ0v) is 14.1. The van der Waals surface area contributed by atoms with Gasteiger partial charge in [-0.2, -0.15) is 0 Å². The first-order valence-corrected chi connectivity index (χ1v) is 8.54. The molecular formula is C10H18Br2Ni2. The third kappa shape index (κ3) is 66.1. The Balaban J connectivity index is -0.0000000528. The van der Waals surface area contributed by atoms with Crippen LogP contribution in [0.25, 0.3) is 0 Å². The average molecular weight is 415 g/mol. The van der Waals surface area contributed by atoms with Crippen molar-refractivity contribution in [1.29, 1.82) is 0 Å². The van der Waals surface area contributed by atoms with Crippen LogP contribution in [-0.4, -0.2) is 0 Å². The van der Waals surface area contributed by atoms with Crippen LogP contribution in [0.2, 0.25) is 0 Å². The van der Waals surface area contributed by atoms with Gasteiger partial charge in [0.05, 0.1) is 0 Å². The molecule has 0 saturated heterocycles. The minimum absolute atomic E-state index is 1.13. The van der Waals surface area contributed by atoms with Crippen molar-refractivity contribution in [1.82, 2.24) is 0 Å². The minimum atomic E-state index is 1.13. The van der Waals surface area contributed by atoms with Crippen LogP contribution in [0.15, 0.2) is 0 Å². The first kappa shape index (κ1) is 25.0. The second kappa shape index (κ2) is 29.4. The van der Waals surface area contributed by atoms with E-state index in [1.165, 1.54) is 5.92 Å². The molecule has 0 aromatic rings. The fraction of sp³-hybridized carbons (Fsp3) is 0.400. The fourth-order valence-electron chi connectivity index (χ4n) is 0. The molecule has 0 aliphatic rings. The summed E-state index contributed by atoms with van der Waals surface area (Å²) in [7, 11) is 0. The molecule has 0 amide bonds. The third-order valence-corrected chi connectivity index (χ3v) is 0.901. The maximum absolute atomic E-state index is 3.69. The summed E-state index contributed by atoms with van der Waals surface area (Å²) in [6.07, 6.45) is 3.81. The van der Waals surface area contributed by atoms with Crippen molar-refractivity contribution in [2.24, 2.45) is 0 Å². The van der Waals surface area contributed by atoms with Crippen LogP contribution in [0, 0.1) is 38.5 Å². The normalized spacial score (nSPS) is 7.86. The van der Waals surface area contributed by atoms with Crippen molar-refractivity contribution < 1.29 is 27.4 Å². The standard InChI is InChI=1S/2C5H9.2BrH.2Ni/c2*1-4-5(2)3;;;;/h4H,2H2,1,3H3;4H,1H2,2-3H3;2*1H;;/q;;;;2*+1/p-2. The van der Waals surface area contributed by atoms with Gasteiger partial charge in [-0.1, -0.05) is 27.7 Å². The van der Waals surface area contributed by atoms with Crippen molar-refractivity contribution >= 4 is 28.5 Å². The molecule has 0 unspecified atom stereocenters. The predicted octanol–water partition coefficient (Wildman–Crippen LogP) is 4.96. The molecule has 0 aliphatic heterocycles. The second-order valence-corrected chi connectivity index (χ2v) is 2.42. The molecule has 0 rings (SSSR count). The molecule has 0 N–H and O–H groups in total. The van der Waals surface area contributed by atoms with Crippen LogP contribution < -0.4 is 0 Å². The number of hydrogen-bond donors (Lipinski definition) is 0. The van der Waals surface area contributed by atoms with Gasteiger partial charge in [-0.15, -0.1) is 0 Å². The van der Waals surface area contributed by atoms with E-state index in [0.717, 1.165) is 5.92 Å². The third-order valence-electron chi connectivity index (χ3n) is 0.901. The molecule has 4 heteroatoms. The molecule has 0 bridgehead atoms. The summed E-state index contributed by atoms with van der Waals surface area (Å²) in [6.45, 7) is 15.1. The topological polar surface area (TPSA) is 0 Å². The van der Waals surface area contributed by atoms with E-state index in [0.29, 0.717) is 0 Å². The van der Waals surface area contributed by atoms with Gasteiger partial charge in [0.25, 0.3) is 0 Å². The van der Waals surface area contributed by atoms with Crippen molar-refractivity contribution in [3.8, 4) is 0 Å². The van der Waals surface area contributed by atoms with Gasteiger partial charge < -0.3 is 0 Å². The van der Waals surface area contributed by atoms with Gasteiger partial charge in [-0.25, -0.2) is 0 Å². The predicted molar refractivity (Wildman–Crippen MR) is 66.4 cm³/mol. The van der Waals surface area contributed by atoms with Crippen molar-refractivity contribution in [2.75, 3.05) is 0 Å². The van der Waals surface area contributed by atoms with Gasteiger partial charge in [-0.05, 0) is 38.5 Å². The Bertz CT molecular complexity index is 52.1. The Labute approximate surface area is 121 Å². The molecule has 6 radical (unpaired) electrons. The van der Waals surface area contributed by atoms with Crippen molar-refractivity contribution in [2.45, 2.75) is 27.7 Å². The average Bonchev–Trinajstić information content (AvgIpc) is 2.24. The van der Waals surface area contributed by atoms with E-state index in [2.05, 4.69) is 69.7 Å². The fourth-order valence-corrected chi connectivity index (χ4v) is 0. The van der Waals surface area contributed by atoms with E-state index < -0.39 is 0 Å². The Kier molecular flexibility index (Phi) is 52.4.